The number of halogens is 2. The normalized spacial score (nSPS) is 16.4. The van der Waals surface area contributed by atoms with Crippen LogP contribution in [0.4, 0.5) is 0 Å². The number of hydrogen-bond donors (Lipinski definition) is 1. The molecule has 0 spiro atoms. The third-order valence-corrected chi connectivity index (χ3v) is 5.89. The first-order valence-corrected chi connectivity index (χ1v) is 11.6. The zero-order valence-corrected chi connectivity index (χ0v) is 19.6. The minimum Gasteiger partial charge on any atom is -0.491 e. The van der Waals surface area contributed by atoms with Crippen LogP contribution in [0.25, 0.3) is 0 Å². The summed E-state index contributed by atoms with van der Waals surface area (Å²) in [6, 6.07) is 24.8. The number of benzene rings is 3. The van der Waals surface area contributed by atoms with Crippen LogP contribution in [0.1, 0.15) is 17.5 Å². The van der Waals surface area contributed by atoms with Gasteiger partial charge in [-0.15, -0.1) is 0 Å². The monoisotopic (exact) mass is 484 g/mol. The highest BCUT2D eigenvalue weighted by atomic mass is 35.5. The van der Waals surface area contributed by atoms with Crippen LogP contribution in [0, 0.1) is 0 Å². The van der Waals surface area contributed by atoms with Gasteiger partial charge < -0.3 is 14.7 Å². The van der Waals surface area contributed by atoms with Gasteiger partial charge in [0.05, 0.1) is 5.71 Å². The SMILES string of the molecule is O[C@@H](COc1ccccc1)CN(Cc1cccc(Cl)c1)C[C@H]1CC(c2ccccc2Cl)=NO1. The summed E-state index contributed by atoms with van der Waals surface area (Å²) in [6.07, 6.45) is -0.167. The van der Waals surface area contributed by atoms with Crippen LogP contribution >= 0.6 is 23.2 Å². The molecule has 172 valence electrons. The second-order valence-corrected chi connectivity index (χ2v) is 8.89. The number of rotatable bonds is 10. The van der Waals surface area contributed by atoms with Gasteiger partial charge in [-0.05, 0) is 35.9 Å². The molecule has 3 aromatic rings. The van der Waals surface area contributed by atoms with Gasteiger partial charge in [-0.2, -0.15) is 0 Å². The van der Waals surface area contributed by atoms with Crippen LogP contribution in [0.5, 0.6) is 5.75 Å². The number of ether oxygens (including phenoxy) is 1. The molecule has 0 unspecified atom stereocenters. The zero-order valence-electron chi connectivity index (χ0n) is 18.1. The number of oxime groups is 1. The van der Waals surface area contributed by atoms with Gasteiger partial charge in [0, 0.05) is 41.7 Å². The maximum Gasteiger partial charge on any atom is 0.145 e. The van der Waals surface area contributed by atoms with E-state index < -0.39 is 6.10 Å². The van der Waals surface area contributed by atoms with E-state index in [9.17, 15) is 5.11 Å². The lowest BCUT2D eigenvalue weighted by Gasteiger charge is -2.27. The molecule has 0 saturated heterocycles. The molecule has 7 heteroatoms. The van der Waals surface area contributed by atoms with Crippen molar-refractivity contribution in [1.82, 2.24) is 4.90 Å². The number of nitrogens with zero attached hydrogens (tertiary/aromatic N) is 2. The van der Waals surface area contributed by atoms with E-state index in [1.54, 1.807) is 0 Å². The van der Waals surface area contributed by atoms with Crippen molar-refractivity contribution in [3.05, 3.63) is 100 Å². The van der Waals surface area contributed by atoms with E-state index in [0.717, 1.165) is 22.6 Å². The number of para-hydroxylation sites is 1. The molecule has 0 aromatic heterocycles. The molecule has 3 aromatic carbocycles. The molecule has 2 atom stereocenters. The maximum absolute atomic E-state index is 10.7. The van der Waals surface area contributed by atoms with Crippen molar-refractivity contribution < 1.29 is 14.7 Å². The van der Waals surface area contributed by atoms with Crippen molar-refractivity contribution in [3.8, 4) is 5.75 Å². The van der Waals surface area contributed by atoms with Crippen molar-refractivity contribution in [2.45, 2.75) is 25.2 Å². The van der Waals surface area contributed by atoms with Crippen molar-refractivity contribution >= 4 is 28.9 Å². The van der Waals surface area contributed by atoms with E-state index in [2.05, 4.69) is 10.1 Å². The largest absolute Gasteiger partial charge is 0.491 e. The summed E-state index contributed by atoms with van der Waals surface area (Å²) in [5.41, 5.74) is 2.78. The number of aliphatic hydroxyl groups excluding tert-OH is 1. The Bertz CT molecular complexity index is 1080. The van der Waals surface area contributed by atoms with Crippen molar-refractivity contribution in [3.63, 3.8) is 0 Å². The second kappa shape index (κ2) is 11.5. The third-order valence-electron chi connectivity index (χ3n) is 5.33. The topological polar surface area (TPSA) is 54.3 Å². The Morgan fingerprint density at radius 3 is 2.61 bits per heavy atom. The first kappa shape index (κ1) is 23.6. The molecule has 5 nitrogen and oxygen atoms in total. The average molecular weight is 485 g/mol. The fourth-order valence-corrected chi connectivity index (χ4v) is 4.28. The Labute approximate surface area is 204 Å². The van der Waals surface area contributed by atoms with Gasteiger partial charge in [-0.25, -0.2) is 0 Å². The van der Waals surface area contributed by atoms with Gasteiger partial charge in [0.2, 0.25) is 0 Å². The molecule has 0 fully saturated rings. The molecule has 0 aliphatic carbocycles. The maximum atomic E-state index is 10.7. The Kier molecular flexibility index (Phi) is 8.24. The molecule has 1 heterocycles. The molecule has 1 aliphatic rings. The van der Waals surface area contributed by atoms with Crippen LogP contribution in [0.3, 0.4) is 0 Å². The summed E-state index contributed by atoms with van der Waals surface area (Å²) in [4.78, 5) is 7.87. The predicted molar refractivity (Wildman–Crippen MR) is 132 cm³/mol. The summed E-state index contributed by atoms with van der Waals surface area (Å²) < 4.78 is 5.73. The molecular weight excluding hydrogens is 459 g/mol. The molecule has 33 heavy (non-hydrogen) atoms. The van der Waals surface area contributed by atoms with Crippen molar-refractivity contribution in [2.75, 3.05) is 19.7 Å². The Hall–Kier alpha value is -2.57. The quantitative estimate of drug-likeness (QED) is 0.416. The van der Waals surface area contributed by atoms with E-state index in [0.29, 0.717) is 36.1 Å². The van der Waals surface area contributed by atoms with E-state index in [4.69, 9.17) is 32.8 Å². The summed E-state index contributed by atoms with van der Waals surface area (Å²) >= 11 is 12.5. The Morgan fingerprint density at radius 2 is 1.82 bits per heavy atom. The standard InChI is InChI=1S/C26H26Cl2N2O3/c27-20-8-6-7-19(13-20)15-30(16-21(31)18-32-22-9-2-1-3-10-22)17-23-14-26(29-33-23)24-11-4-5-12-25(24)28/h1-13,21,23,31H,14-18H2/t21-,23-/m1/s1. The van der Waals surface area contributed by atoms with Crippen LogP contribution < -0.4 is 4.74 Å². The predicted octanol–water partition coefficient (Wildman–Crippen LogP) is 5.43. The zero-order chi connectivity index (χ0) is 23.0. The molecule has 1 aliphatic heterocycles. The van der Waals surface area contributed by atoms with Crippen LogP contribution in [0.2, 0.25) is 10.0 Å². The van der Waals surface area contributed by atoms with Gasteiger partial charge in [0.1, 0.15) is 24.6 Å². The Balaban J connectivity index is 1.39. The lowest BCUT2D eigenvalue weighted by Crippen LogP contribution is -2.39. The molecule has 1 N–H and O–H groups in total. The molecule has 0 saturated carbocycles. The molecule has 0 radical (unpaired) electrons. The third kappa shape index (κ3) is 6.95. The first-order chi connectivity index (χ1) is 16.1. The van der Waals surface area contributed by atoms with Gasteiger partial charge in [-0.3, -0.25) is 4.90 Å². The van der Waals surface area contributed by atoms with E-state index in [1.807, 2.05) is 78.9 Å². The summed E-state index contributed by atoms with van der Waals surface area (Å²) in [7, 11) is 0. The lowest BCUT2D eigenvalue weighted by atomic mass is 10.0. The smallest absolute Gasteiger partial charge is 0.145 e. The average Bonchev–Trinajstić information content (AvgIpc) is 3.27. The lowest BCUT2D eigenvalue weighted by molar-refractivity contribution is 0.0213. The summed E-state index contributed by atoms with van der Waals surface area (Å²) in [6.45, 7) is 1.82. The first-order valence-electron chi connectivity index (χ1n) is 10.9. The highest BCUT2D eigenvalue weighted by Crippen LogP contribution is 2.24. The van der Waals surface area contributed by atoms with E-state index >= 15 is 0 Å². The van der Waals surface area contributed by atoms with Gasteiger partial charge >= 0.3 is 0 Å². The van der Waals surface area contributed by atoms with E-state index in [-0.39, 0.29) is 12.7 Å². The summed E-state index contributed by atoms with van der Waals surface area (Å²) in [5, 5.41) is 16.3. The fraction of sp³-hybridized carbons (Fsp3) is 0.269. The van der Waals surface area contributed by atoms with Gasteiger partial charge in [0.25, 0.3) is 0 Å². The summed E-state index contributed by atoms with van der Waals surface area (Å²) in [5.74, 6) is 0.731. The minimum absolute atomic E-state index is 0.141. The second-order valence-electron chi connectivity index (χ2n) is 8.05. The van der Waals surface area contributed by atoms with Crippen LogP contribution in [0.15, 0.2) is 84.0 Å². The minimum atomic E-state index is -0.672. The molecule has 4 rings (SSSR count). The molecule has 0 bridgehead atoms. The molecule has 0 amide bonds. The Morgan fingerprint density at radius 1 is 1.03 bits per heavy atom. The van der Waals surface area contributed by atoms with Gasteiger partial charge in [-0.1, -0.05) is 76.9 Å². The molecular formula is C26H26Cl2N2O3. The van der Waals surface area contributed by atoms with Crippen molar-refractivity contribution in [2.24, 2.45) is 5.16 Å². The van der Waals surface area contributed by atoms with Gasteiger partial charge in [0.15, 0.2) is 0 Å². The number of aliphatic hydroxyl groups is 1. The van der Waals surface area contributed by atoms with Crippen LogP contribution in [-0.2, 0) is 11.4 Å². The van der Waals surface area contributed by atoms with Crippen molar-refractivity contribution in [1.29, 1.82) is 0 Å². The van der Waals surface area contributed by atoms with Crippen LogP contribution in [-0.4, -0.2) is 47.6 Å². The fourth-order valence-electron chi connectivity index (χ4n) is 3.83. The van der Waals surface area contributed by atoms with E-state index in [1.165, 1.54) is 0 Å². The number of hydrogen-bond acceptors (Lipinski definition) is 5. The highest BCUT2D eigenvalue weighted by molar-refractivity contribution is 6.34. The highest BCUT2D eigenvalue weighted by Gasteiger charge is 2.26.